The second-order valence-electron chi connectivity index (χ2n) is 7.24. The molecule has 0 aliphatic carbocycles. The van der Waals surface area contributed by atoms with Gasteiger partial charge in [-0.15, -0.1) is 11.3 Å². The minimum Gasteiger partial charge on any atom is -0.337 e. The highest BCUT2D eigenvalue weighted by molar-refractivity contribution is 7.17. The molecule has 146 valence electrons. The molecule has 1 saturated heterocycles. The Morgan fingerprint density at radius 1 is 1.22 bits per heavy atom. The van der Waals surface area contributed by atoms with Crippen molar-refractivity contribution in [3.8, 4) is 10.6 Å². The number of carbonyl (C=O) groups excluding carboxylic acids is 1. The first-order valence-electron chi connectivity index (χ1n) is 9.75. The fourth-order valence-corrected chi connectivity index (χ4v) is 4.40. The number of rotatable bonds is 5. The van der Waals surface area contributed by atoms with E-state index in [1.54, 1.807) is 13.0 Å². The Labute approximate surface area is 165 Å². The van der Waals surface area contributed by atoms with E-state index in [1.807, 2.05) is 17.9 Å². The molecule has 0 bridgehead atoms. The van der Waals surface area contributed by atoms with Crippen LogP contribution in [0.25, 0.3) is 10.6 Å². The van der Waals surface area contributed by atoms with Crippen LogP contribution in [0.3, 0.4) is 0 Å². The third kappa shape index (κ3) is 4.74. The summed E-state index contributed by atoms with van der Waals surface area (Å²) in [4.78, 5) is 22.7. The van der Waals surface area contributed by atoms with Gasteiger partial charge in [0, 0.05) is 25.2 Å². The molecular weight excluding hydrogens is 361 g/mol. The summed E-state index contributed by atoms with van der Waals surface area (Å²) >= 11 is 1.37. The highest BCUT2D eigenvalue weighted by Gasteiger charge is 2.24. The maximum Gasteiger partial charge on any atom is 0.265 e. The van der Waals surface area contributed by atoms with Crippen LogP contribution in [0, 0.1) is 19.7 Å². The molecule has 6 heteroatoms. The molecule has 0 radical (unpaired) electrons. The van der Waals surface area contributed by atoms with E-state index < -0.39 is 0 Å². The number of aromatic nitrogens is 1. The fourth-order valence-electron chi connectivity index (χ4n) is 3.37. The molecule has 1 fully saturated rings. The van der Waals surface area contributed by atoms with Gasteiger partial charge in [0.15, 0.2) is 0 Å². The zero-order valence-corrected chi connectivity index (χ0v) is 17.2. The number of amides is 1. The standard InChI is InChI=1S/C21H28FN3OS/c1-4-5-9-24-10-6-11-25(13-12-24)21(26)19-16(3)23-20(27-19)17-8-7-15(2)18(22)14-17/h7-8,14H,4-6,9-13H2,1-3H3. The van der Waals surface area contributed by atoms with Gasteiger partial charge >= 0.3 is 0 Å². The van der Waals surface area contributed by atoms with Crippen LogP contribution in [-0.2, 0) is 0 Å². The molecule has 1 aliphatic rings. The Balaban J connectivity index is 1.73. The van der Waals surface area contributed by atoms with Crippen molar-refractivity contribution in [1.29, 1.82) is 0 Å². The molecule has 2 heterocycles. The third-order valence-corrected chi connectivity index (χ3v) is 6.31. The predicted octanol–water partition coefficient (Wildman–Crippen LogP) is 4.51. The number of nitrogens with zero attached hydrogens (tertiary/aromatic N) is 3. The van der Waals surface area contributed by atoms with Gasteiger partial charge in [-0.3, -0.25) is 4.79 Å². The Morgan fingerprint density at radius 3 is 2.78 bits per heavy atom. The highest BCUT2D eigenvalue weighted by Crippen LogP contribution is 2.30. The van der Waals surface area contributed by atoms with Crippen molar-refractivity contribution in [2.24, 2.45) is 0 Å². The van der Waals surface area contributed by atoms with Gasteiger partial charge in [0.05, 0.1) is 5.69 Å². The van der Waals surface area contributed by atoms with Gasteiger partial charge in [-0.25, -0.2) is 9.37 Å². The van der Waals surface area contributed by atoms with Crippen molar-refractivity contribution in [3.63, 3.8) is 0 Å². The highest BCUT2D eigenvalue weighted by atomic mass is 32.1. The number of unbranched alkanes of at least 4 members (excludes halogenated alkanes) is 1. The van der Waals surface area contributed by atoms with Gasteiger partial charge in [0.25, 0.3) is 5.91 Å². The lowest BCUT2D eigenvalue weighted by molar-refractivity contribution is 0.0765. The van der Waals surface area contributed by atoms with Crippen molar-refractivity contribution in [2.75, 3.05) is 32.7 Å². The van der Waals surface area contributed by atoms with Gasteiger partial charge < -0.3 is 9.80 Å². The SMILES string of the molecule is CCCCN1CCCN(C(=O)c2sc(-c3ccc(C)c(F)c3)nc2C)CC1. The van der Waals surface area contributed by atoms with E-state index in [2.05, 4.69) is 16.8 Å². The van der Waals surface area contributed by atoms with Crippen LogP contribution in [0.4, 0.5) is 4.39 Å². The van der Waals surface area contributed by atoms with Crippen LogP contribution in [0.15, 0.2) is 18.2 Å². The van der Waals surface area contributed by atoms with Gasteiger partial charge in [-0.1, -0.05) is 25.5 Å². The van der Waals surface area contributed by atoms with Crippen LogP contribution in [-0.4, -0.2) is 53.4 Å². The van der Waals surface area contributed by atoms with Gasteiger partial charge in [-0.2, -0.15) is 0 Å². The van der Waals surface area contributed by atoms with Crippen molar-refractivity contribution >= 4 is 17.2 Å². The van der Waals surface area contributed by atoms with Gasteiger partial charge in [0.1, 0.15) is 15.7 Å². The molecule has 2 aromatic rings. The zero-order chi connectivity index (χ0) is 19.4. The van der Waals surface area contributed by atoms with Crippen LogP contribution in [0.2, 0.25) is 0 Å². The molecule has 1 aromatic heterocycles. The number of thiazole rings is 1. The average molecular weight is 390 g/mol. The Bertz CT molecular complexity index is 805. The molecule has 0 saturated carbocycles. The van der Waals surface area contributed by atoms with Crippen molar-refractivity contribution in [3.05, 3.63) is 40.2 Å². The number of carbonyl (C=O) groups is 1. The average Bonchev–Trinajstić information content (AvgIpc) is 2.89. The summed E-state index contributed by atoms with van der Waals surface area (Å²) in [6, 6.07) is 5.12. The second kappa shape index (κ2) is 8.93. The first-order chi connectivity index (χ1) is 13.0. The molecule has 1 amide bonds. The molecular formula is C21H28FN3OS. The Kier molecular flexibility index (Phi) is 6.60. The number of halogens is 1. The van der Waals surface area contributed by atoms with Crippen LogP contribution in [0.5, 0.6) is 0 Å². The summed E-state index contributed by atoms with van der Waals surface area (Å²) in [5.41, 5.74) is 2.07. The summed E-state index contributed by atoms with van der Waals surface area (Å²) in [5.74, 6) is -0.186. The quantitative estimate of drug-likeness (QED) is 0.755. The summed E-state index contributed by atoms with van der Waals surface area (Å²) in [6.45, 7) is 10.5. The molecule has 0 spiro atoms. The maximum atomic E-state index is 13.9. The zero-order valence-electron chi connectivity index (χ0n) is 16.4. The minimum absolute atomic E-state index is 0.0566. The lowest BCUT2D eigenvalue weighted by atomic mass is 10.1. The maximum absolute atomic E-state index is 13.9. The lowest BCUT2D eigenvalue weighted by Gasteiger charge is -2.21. The van der Waals surface area contributed by atoms with E-state index in [4.69, 9.17) is 0 Å². The van der Waals surface area contributed by atoms with Gasteiger partial charge in [-0.05, 0) is 51.4 Å². The molecule has 27 heavy (non-hydrogen) atoms. The van der Waals surface area contributed by atoms with Crippen molar-refractivity contribution in [2.45, 2.75) is 40.0 Å². The lowest BCUT2D eigenvalue weighted by Crippen LogP contribution is -2.35. The Morgan fingerprint density at radius 2 is 2.04 bits per heavy atom. The molecule has 0 atom stereocenters. The van der Waals surface area contributed by atoms with Crippen LogP contribution >= 0.6 is 11.3 Å². The first kappa shape index (κ1) is 20.0. The summed E-state index contributed by atoms with van der Waals surface area (Å²) in [7, 11) is 0. The minimum atomic E-state index is -0.243. The largest absolute Gasteiger partial charge is 0.337 e. The van der Waals surface area contributed by atoms with Crippen LogP contribution in [0.1, 0.15) is 47.1 Å². The van der Waals surface area contributed by atoms with E-state index in [1.165, 1.54) is 30.2 Å². The van der Waals surface area contributed by atoms with E-state index in [0.29, 0.717) is 15.4 Å². The first-order valence-corrected chi connectivity index (χ1v) is 10.6. The van der Waals surface area contributed by atoms with E-state index in [0.717, 1.165) is 50.4 Å². The normalized spacial score (nSPS) is 15.8. The van der Waals surface area contributed by atoms with Crippen molar-refractivity contribution < 1.29 is 9.18 Å². The Hall–Kier alpha value is -1.79. The van der Waals surface area contributed by atoms with E-state index in [9.17, 15) is 9.18 Å². The molecule has 1 aliphatic heterocycles. The topological polar surface area (TPSA) is 36.4 Å². The predicted molar refractivity (Wildman–Crippen MR) is 109 cm³/mol. The second-order valence-corrected chi connectivity index (χ2v) is 8.24. The smallest absolute Gasteiger partial charge is 0.265 e. The summed E-state index contributed by atoms with van der Waals surface area (Å²) in [5, 5.41) is 0.703. The van der Waals surface area contributed by atoms with Crippen molar-refractivity contribution in [1.82, 2.24) is 14.8 Å². The van der Waals surface area contributed by atoms with E-state index >= 15 is 0 Å². The fraction of sp³-hybridized carbons (Fsp3) is 0.524. The molecule has 0 N–H and O–H groups in total. The molecule has 0 unspecified atom stereocenters. The summed E-state index contributed by atoms with van der Waals surface area (Å²) < 4.78 is 13.9. The number of aryl methyl sites for hydroxylation is 2. The van der Waals surface area contributed by atoms with Gasteiger partial charge in [0.2, 0.25) is 0 Å². The summed E-state index contributed by atoms with van der Waals surface area (Å²) in [6.07, 6.45) is 3.41. The number of hydrogen-bond acceptors (Lipinski definition) is 4. The third-order valence-electron chi connectivity index (χ3n) is 5.11. The van der Waals surface area contributed by atoms with E-state index in [-0.39, 0.29) is 11.7 Å². The molecule has 4 nitrogen and oxygen atoms in total. The molecule has 3 rings (SSSR count). The molecule has 1 aromatic carbocycles. The number of benzene rings is 1. The number of hydrogen-bond donors (Lipinski definition) is 0. The monoisotopic (exact) mass is 389 g/mol. The van der Waals surface area contributed by atoms with Crippen LogP contribution < -0.4 is 0 Å².